The van der Waals surface area contributed by atoms with Crippen LogP contribution in [0.5, 0.6) is 0 Å². The van der Waals surface area contributed by atoms with Crippen molar-refractivity contribution < 1.29 is 4.42 Å². The van der Waals surface area contributed by atoms with Crippen molar-refractivity contribution in [2.45, 2.75) is 32.1 Å². The van der Waals surface area contributed by atoms with Gasteiger partial charge in [-0.25, -0.2) is 0 Å². The first kappa shape index (κ1) is 22.9. The third-order valence-corrected chi connectivity index (χ3v) is 9.50. The van der Waals surface area contributed by atoms with Crippen molar-refractivity contribution in [2.75, 3.05) is 0 Å². The zero-order valence-electron chi connectivity index (χ0n) is 23.2. The number of fused-ring (bicyclic) bond motifs is 9. The minimum Gasteiger partial charge on any atom is -0.455 e. The highest BCUT2D eigenvalue weighted by Gasteiger charge is 2.37. The van der Waals surface area contributed by atoms with E-state index in [0.717, 1.165) is 46.0 Å². The molecule has 9 rings (SSSR count). The van der Waals surface area contributed by atoms with Crippen molar-refractivity contribution in [3.05, 3.63) is 132 Å². The van der Waals surface area contributed by atoms with Crippen molar-refractivity contribution in [2.24, 2.45) is 0 Å². The van der Waals surface area contributed by atoms with Gasteiger partial charge in [-0.15, -0.1) is 0 Å². The molecule has 7 aromatic rings. The van der Waals surface area contributed by atoms with Crippen LogP contribution in [0.15, 0.2) is 125 Å². The fourth-order valence-electron chi connectivity index (χ4n) is 7.49. The minimum absolute atomic E-state index is 0.0441. The average Bonchev–Trinajstić information content (AvgIpc) is 3.63. The van der Waals surface area contributed by atoms with E-state index >= 15 is 0 Å². The molecular weight excluding hydrogens is 498 g/mol. The zero-order chi connectivity index (χ0) is 27.3. The maximum atomic E-state index is 6.47. The quantitative estimate of drug-likeness (QED) is 0.219. The molecule has 0 N–H and O–H groups in total. The van der Waals surface area contributed by atoms with Crippen molar-refractivity contribution in [1.29, 1.82) is 0 Å². The molecule has 41 heavy (non-hydrogen) atoms. The molecule has 196 valence electrons. The Hall–Kier alpha value is -4.82. The fourth-order valence-corrected chi connectivity index (χ4v) is 7.49. The monoisotopic (exact) mass is 527 g/mol. The molecule has 0 amide bonds. The van der Waals surface area contributed by atoms with Gasteiger partial charge in [-0.2, -0.15) is 0 Å². The number of benzene rings is 5. The van der Waals surface area contributed by atoms with Gasteiger partial charge in [-0.3, -0.25) is 0 Å². The highest BCUT2D eigenvalue weighted by atomic mass is 16.3. The van der Waals surface area contributed by atoms with E-state index in [1.165, 1.54) is 44.1 Å². The van der Waals surface area contributed by atoms with E-state index in [0.29, 0.717) is 0 Å². The lowest BCUT2D eigenvalue weighted by molar-refractivity contribution is 0.651. The molecule has 0 aliphatic heterocycles. The van der Waals surface area contributed by atoms with E-state index in [9.17, 15) is 0 Å². The Bertz CT molecular complexity index is 2270. The lowest BCUT2D eigenvalue weighted by atomic mass is 9.79. The van der Waals surface area contributed by atoms with Crippen LogP contribution < -0.4 is 0 Å². The summed E-state index contributed by atoms with van der Waals surface area (Å²) < 4.78 is 8.84. The summed E-state index contributed by atoms with van der Waals surface area (Å²) in [7, 11) is 0. The highest BCUT2D eigenvalue weighted by molar-refractivity contribution is 6.23. The molecule has 5 aromatic carbocycles. The van der Waals surface area contributed by atoms with Crippen LogP contribution in [0.25, 0.3) is 66.1 Å². The molecule has 2 heterocycles. The molecule has 0 atom stereocenters. The van der Waals surface area contributed by atoms with Gasteiger partial charge in [0.25, 0.3) is 0 Å². The van der Waals surface area contributed by atoms with Gasteiger partial charge in [0.2, 0.25) is 0 Å². The van der Waals surface area contributed by atoms with Crippen molar-refractivity contribution in [3.63, 3.8) is 0 Å². The van der Waals surface area contributed by atoms with E-state index in [1.54, 1.807) is 5.57 Å². The van der Waals surface area contributed by atoms with E-state index in [2.05, 4.69) is 128 Å². The predicted molar refractivity (Wildman–Crippen MR) is 172 cm³/mol. The number of hydrogen-bond donors (Lipinski definition) is 0. The summed E-state index contributed by atoms with van der Waals surface area (Å²) in [6, 6.07) is 37.6. The van der Waals surface area contributed by atoms with E-state index in [1.807, 2.05) is 6.07 Å². The smallest absolute Gasteiger partial charge is 0.145 e. The molecule has 2 aromatic heterocycles. The Morgan fingerprint density at radius 2 is 1.49 bits per heavy atom. The van der Waals surface area contributed by atoms with Gasteiger partial charge in [0.05, 0.1) is 16.4 Å². The second-order valence-electron chi connectivity index (χ2n) is 12.1. The number of hydrogen-bond acceptors (Lipinski definition) is 1. The van der Waals surface area contributed by atoms with Crippen LogP contribution >= 0.6 is 0 Å². The van der Waals surface area contributed by atoms with Crippen LogP contribution in [0.1, 0.15) is 37.8 Å². The molecule has 2 aliphatic rings. The summed E-state index contributed by atoms with van der Waals surface area (Å²) in [6.45, 7) is 4.75. The second kappa shape index (κ2) is 8.11. The number of rotatable bonds is 2. The number of nitrogens with zero attached hydrogens (tertiary/aromatic N) is 1. The third kappa shape index (κ3) is 3.08. The molecule has 2 heteroatoms. The molecule has 0 saturated heterocycles. The van der Waals surface area contributed by atoms with Crippen LogP contribution in [-0.2, 0) is 5.41 Å². The Morgan fingerprint density at radius 1 is 0.707 bits per heavy atom. The molecule has 2 nitrogen and oxygen atoms in total. The first-order valence-corrected chi connectivity index (χ1v) is 14.6. The largest absolute Gasteiger partial charge is 0.455 e. The molecule has 0 unspecified atom stereocenters. The third-order valence-electron chi connectivity index (χ3n) is 9.50. The topological polar surface area (TPSA) is 18.1 Å². The first-order valence-electron chi connectivity index (χ1n) is 14.6. The van der Waals surface area contributed by atoms with Gasteiger partial charge in [-0.05, 0) is 88.7 Å². The molecule has 0 bridgehead atoms. The maximum Gasteiger partial charge on any atom is 0.145 e. The fraction of sp³-hybridized carbons (Fsp3) is 0.128. The van der Waals surface area contributed by atoms with E-state index in [4.69, 9.17) is 4.42 Å². The van der Waals surface area contributed by atoms with E-state index in [-0.39, 0.29) is 5.41 Å². The Balaban J connectivity index is 1.19. The SMILES string of the molecule is CC1(C)C2=C(CCC=C2)c2ccc(-c3ccc(-n4c5ccccc5c5c6oc7ccccc7c6ccc54)cc3)cc21. The molecule has 2 aliphatic carbocycles. The second-order valence-corrected chi connectivity index (χ2v) is 12.1. The number of furan rings is 1. The minimum atomic E-state index is 0.0441. The normalized spacial score (nSPS) is 15.9. The van der Waals surface area contributed by atoms with Gasteiger partial charge >= 0.3 is 0 Å². The number of allylic oxidation sites excluding steroid dienone is 4. The number of para-hydroxylation sites is 2. The van der Waals surface area contributed by atoms with Crippen molar-refractivity contribution in [1.82, 2.24) is 4.57 Å². The Morgan fingerprint density at radius 3 is 2.37 bits per heavy atom. The van der Waals surface area contributed by atoms with Crippen LogP contribution in [0, 0.1) is 0 Å². The maximum absolute atomic E-state index is 6.47. The average molecular weight is 528 g/mol. The van der Waals surface area contributed by atoms with Gasteiger partial charge < -0.3 is 8.98 Å². The molecule has 0 spiro atoms. The molecular formula is C39H29NO. The molecule has 0 fully saturated rings. The van der Waals surface area contributed by atoms with Crippen molar-refractivity contribution >= 4 is 49.3 Å². The lowest BCUT2D eigenvalue weighted by Gasteiger charge is -2.24. The molecule has 0 saturated carbocycles. The van der Waals surface area contributed by atoms with Crippen LogP contribution in [0.3, 0.4) is 0 Å². The van der Waals surface area contributed by atoms with E-state index < -0.39 is 0 Å². The highest BCUT2D eigenvalue weighted by Crippen LogP contribution is 2.50. The van der Waals surface area contributed by atoms with Crippen LogP contribution in [0.4, 0.5) is 0 Å². The van der Waals surface area contributed by atoms with Gasteiger partial charge in [0, 0.05) is 27.3 Å². The summed E-state index contributed by atoms with van der Waals surface area (Å²) in [5.41, 5.74) is 13.9. The summed E-state index contributed by atoms with van der Waals surface area (Å²) in [4.78, 5) is 0. The van der Waals surface area contributed by atoms with Gasteiger partial charge in [0.1, 0.15) is 11.2 Å². The Kier molecular flexibility index (Phi) is 4.54. The summed E-state index contributed by atoms with van der Waals surface area (Å²) in [6.07, 6.45) is 6.98. The summed E-state index contributed by atoms with van der Waals surface area (Å²) in [5.74, 6) is 0. The molecule has 0 radical (unpaired) electrons. The summed E-state index contributed by atoms with van der Waals surface area (Å²) >= 11 is 0. The van der Waals surface area contributed by atoms with Crippen molar-refractivity contribution in [3.8, 4) is 16.8 Å². The van der Waals surface area contributed by atoms with Crippen LogP contribution in [-0.4, -0.2) is 4.57 Å². The number of aromatic nitrogens is 1. The standard InChI is InChI=1S/C39H29NO/c1-39(2)32-12-6-3-9-27(32)28-20-17-25(23-33(28)39)24-15-18-26(19-16-24)40-34-13-7-4-11-31(34)37-35(40)22-21-30-29-10-5-8-14-36(29)41-38(30)37/h4-8,10-23H,3,9H2,1-2H3. The van der Waals surface area contributed by atoms with Gasteiger partial charge in [0.15, 0.2) is 0 Å². The lowest BCUT2D eigenvalue weighted by Crippen LogP contribution is -2.16. The predicted octanol–water partition coefficient (Wildman–Crippen LogP) is 10.7. The van der Waals surface area contributed by atoms with Crippen LogP contribution in [0.2, 0.25) is 0 Å². The Labute approximate surface area is 238 Å². The zero-order valence-corrected chi connectivity index (χ0v) is 23.2. The summed E-state index contributed by atoms with van der Waals surface area (Å²) in [5, 5.41) is 4.71. The van der Waals surface area contributed by atoms with Gasteiger partial charge in [-0.1, -0.05) is 86.7 Å². The first-order chi connectivity index (χ1) is 20.1.